The van der Waals surface area contributed by atoms with Crippen molar-refractivity contribution in [2.75, 3.05) is 49.3 Å². The average molecular weight is 597 g/mol. The molecular formula is C32H41ClN4O3S. The topological polar surface area (TPSA) is 66.0 Å². The average Bonchev–Trinajstić information content (AvgIpc) is 3.54. The van der Waals surface area contributed by atoms with E-state index in [4.69, 9.17) is 20.7 Å². The largest absolute Gasteiger partial charge is 0.444 e. The summed E-state index contributed by atoms with van der Waals surface area (Å²) in [6.07, 6.45) is 9.59. The lowest BCUT2D eigenvalue weighted by atomic mass is 10.1. The Kier molecular flexibility index (Phi) is 10.5. The summed E-state index contributed by atoms with van der Waals surface area (Å²) >= 11 is 8.26. The number of carbonyl (C=O) groups is 2. The van der Waals surface area contributed by atoms with E-state index >= 15 is 0 Å². The van der Waals surface area contributed by atoms with Crippen molar-refractivity contribution in [2.45, 2.75) is 71.1 Å². The van der Waals surface area contributed by atoms with Gasteiger partial charge in [-0.25, -0.2) is 0 Å². The van der Waals surface area contributed by atoms with Crippen LogP contribution in [0.4, 0.5) is 11.5 Å². The summed E-state index contributed by atoms with van der Waals surface area (Å²) in [5, 5.41) is 1.90. The van der Waals surface area contributed by atoms with Gasteiger partial charge in [-0.3, -0.25) is 19.4 Å². The molecule has 1 aromatic heterocycles. The molecule has 2 aliphatic heterocycles. The SMILES string of the molecule is CCCCCCCCCC(=O)OCN1C(=O)Cc2cc(CCN3CCN(c4nsc5ccccc45)CC3)c(Cl)cc21. The first-order chi connectivity index (χ1) is 20.0. The van der Waals surface area contributed by atoms with E-state index in [-0.39, 0.29) is 18.6 Å². The van der Waals surface area contributed by atoms with Gasteiger partial charge in [0.1, 0.15) is 5.82 Å². The van der Waals surface area contributed by atoms with Crippen LogP contribution < -0.4 is 9.80 Å². The monoisotopic (exact) mass is 596 g/mol. The summed E-state index contributed by atoms with van der Waals surface area (Å²) < 4.78 is 11.4. The predicted molar refractivity (Wildman–Crippen MR) is 168 cm³/mol. The van der Waals surface area contributed by atoms with Crippen LogP contribution in [0.3, 0.4) is 0 Å². The first-order valence-electron chi connectivity index (χ1n) is 15.1. The highest BCUT2D eigenvalue weighted by Crippen LogP contribution is 2.34. The van der Waals surface area contributed by atoms with Crippen molar-refractivity contribution in [3.8, 4) is 0 Å². The molecule has 0 N–H and O–H groups in total. The van der Waals surface area contributed by atoms with Gasteiger partial charge in [0.05, 0.1) is 16.8 Å². The highest BCUT2D eigenvalue weighted by Gasteiger charge is 2.29. The zero-order valence-electron chi connectivity index (χ0n) is 24.1. The third-order valence-corrected chi connectivity index (χ3v) is 9.42. The minimum Gasteiger partial charge on any atom is -0.444 e. The van der Waals surface area contributed by atoms with Crippen molar-refractivity contribution < 1.29 is 14.3 Å². The third kappa shape index (κ3) is 7.59. The second kappa shape index (κ2) is 14.5. The molecule has 2 aromatic carbocycles. The number of hydrogen-bond acceptors (Lipinski definition) is 7. The molecule has 3 heterocycles. The highest BCUT2D eigenvalue weighted by atomic mass is 35.5. The number of hydrogen-bond donors (Lipinski definition) is 0. The number of anilines is 2. The lowest BCUT2D eigenvalue weighted by Crippen LogP contribution is -2.47. The number of aromatic nitrogens is 1. The van der Waals surface area contributed by atoms with Crippen LogP contribution in [0.25, 0.3) is 10.1 Å². The quantitative estimate of drug-likeness (QED) is 0.150. The van der Waals surface area contributed by atoms with E-state index in [1.54, 1.807) is 16.4 Å². The van der Waals surface area contributed by atoms with E-state index in [9.17, 15) is 9.59 Å². The summed E-state index contributed by atoms with van der Waals surface area (Å²) in [6.45, 7) is 6.94. The van der Waals surface area contributed by atoms with Crippen LogP contribution in [-0.2, 0) is 27.2 Å². The van der Waals surface area contributed by atoms with Crippen LogP contribution in [-0.4, -0.2) is 60.6 Å². The van der Waals surface area contributed by atoms with Gasteiger partial charge in [0.25, 0.3) is 0 Å². The Morgan fingerprint density at radius 1 is 1.02 bits per heavy atom. The molecule has 0 saturated carbocycles. The zero-order valence-corrected chi connectivity index (χ0v) is 25.7. The first-order valence-corrected chi connectivity index (χ1v) is 16.3. The van der Waals surface area contributed by atoms with E-state index in [2.05, 4.69) is 47.1 Å². The number of rotatable bonds is 14. The Bertz CT molecular complexity index is 1340. The molecule has 7 nitrogen and oxygen atoms in total. The predicted octanol–water partition coefficient (Wildman–Crippen LogP) is 6.84. The minimum absolute atomic E-state index is 0.0462. The Hall–Kier alpha value is -2.68. The number of unbranched alkanes of at least 4 members (excludes halogenated alkanes) is 6. The number of benzene rings is 2. The van der Waals surface area contributed by atoms with Crippen LogP contribution in [0.2, 0.25) is 5.02 Å². The van der Waals surface area contributed by atoms with Crippen LogP contribution in [0.15, 0.2) is 36.4 Å². The van der Waals surface area contributed by atoms with Crippen molar-refractivity contribution in [1.82, 2.24) is 9.27 Å². The van der Waals surface area contributed by atoms with Crippen LogP contribution >= 0.6 is 23.1 Å². The van der Waals surface area contributed by atoms with Gasteiger partial charge in [0.2, 0.25) is 5.91 Å². The lowest BCUT2D eigenvalue weighted by Gasteiger charge is -2.35. The Morgan fingerprint density at radius 3 is 2.59 bits per heavy atom. The van der Waals surface area contributed by atoms with Gasteiger partial charge < -0.3 is 9.64 Å². The van der Waals surface area contributed by atoms with Crippen LogP contribution in [0.5, 0.6) is 0 Å². The van der Waals surface area contributed by atoms with E-state index in [1.165, 1.54) is 35.8 Å². The molecule has 1 fully saturated rings. The molecule has 9 heteroatoms. The smallest absolute Gasteiger partial charge is 0.307 e. The van der Waals surface area contributed by atoms with Crippen molar-refractivity contribution >= 4 is 56.6 Å². The number of piperazine rings is 1. The molecule has 1 saturated heterocycles. The van der Waals surface area contributed by atoms with Crippen molar-refractivity contribution in [3.05, 3.63) is 52.5 Å². The maximum absolute atomic E-state index is 12.7. The number of nitrogens with zero attached hydrogens (tertiary/aromatic N) is 4. The molecule has 3 aromatic rings. The van der Waals surface area contributed by atoms with E-state index in [0.717, 1.165) is 81.0 Å². The molecule has 0 bridgehead atoms. The minimum atomic E-state index is -0.245. The molecule has 220 valence electrons. The molecule has 0 unspecified atom stereocenters. The second-order valence-corrected chi connectivity index (χ2v) is 12.4. The van der Waals surface area contributed by atoms with E-state index < -0.39 is 0 Å². The number of carbonyl (C=O) groups excluding carboxylic acids is 2. The summed E-state index contributed by atoms with van der Waals surface area (Å²) in [4.78, 5) is 31.4. The number of ether oxygens (including phenoxy) is 1. The Balaban J connectivity index is 1.07. The Morgan fingerprint density at radius 2 is 1.78 bits per heavy atom. The second-order valence-electron chi connectivity index (χ2n) is 11.2. The zero-order chi connectivity index (χ0) is 28.6. The third-order valence-electron chi connectivity index (χ3n) is 8.25. The van der Waals surface area contributed by atoms with Crippen molar-refractivity contribution in [1.29, 1.82) is 0 Å². The number of amides is 1. The van der Waals surface area contributed by atoms with Crippen molar-refractivity contribution in [2.24, 2.45) is 0 Å². The fraction of sp³-hybridized carbons (Fsp3) is 0.531. The van der Waals surface area contributed by atoms with Gasteiger partial charge in [0, 0.05) is 49.6 Å². The lowest BCUT2D eigenvalue weighted by molar-refractivity contribution is -0.144. The van der Waals surface area contributed by atoms with Gasteiger partial charge in [-0.1, -0.05) is 75.2 Å². The van der Waals surface area contributed by atoms with Gasteiger partial charge in [0.15, 0.2) is 6.73 Å². The normalized spacial score (nSPS) is 15.6. The van der Waals surface area contributed by atoms with E-state index in [1.807, 2.05) is 6.07 Å². The molecule has 0 spiro atoms. The highest BCUT2D eigenvalue weighted by molar-refractivity contribution is 7.13. The number of esters is 1. The maximum atomic E-state index is 12.7. The van der Waals surface area contributed by atoms with Crippen molar-refractivity contribution in [3.63, 3.8) is 0 Å². The van der Waals surface area contributed by atoms with Gasteiger partial charge >= 0.3 is 5.97 Å². The molecule has 0 aliphatic carbocycles. The number of fused-ring (bicyclic) bond motifs is 2. The molecular weight excluding hydrogens is 556 g/mol. The molecule has 0 radical (unpaired) electrons. The van der Waals surface area contributed by atoms with Gasteiger partial charge in [-0.2, -0.15) is 4.37 Å². The maximum Gasteiger partial charge on any atom is 0.307 e. The first kappa shape index (κ1) is 29.8. The van der Waals surface area contributed by atoms with E-state index in [0.29, 0.717) is 17.9 Å². The summed E-state index contributed by atoms with van der Waals surface area (Å²) in [6, 6.07) is 12.4. The summed E-state index contributed by atoms with van der Waals surface area (Å²) in [5.41, 5.74) is 2.78. The molecule has 2 aliphatic rings. The fourth-order valence-electron chi connectivity index (χ4n) is 5.77. The standard InChI is InChI=1S/C32H41ClN4O3S/c1-2-3-4-5-6-7-8-13-31(39)40-23-37-28-22-27(33)24(20-25(28)21-30(37)38)14-15-35-16-18-36(19-17-35)32-26-11-9-10-12-29(26)41-34-32/h9-12,20,22H,2-8,13-19,21,23H2,1H3. The van der Waals surface area contributed by atoms with Gasteiger partial charge in [-0.05, 0) is 53.7 Å². The molecule has 0 atom stereocenters. The molecule has 1 amide bonds. The van der Waals surface area contributed by atoms with Crippen LogP contribution in [0.1, 0.15) is 69.4 Å². The summed E-state index contributed by atoms with van der Waals surface area (Å²) in [5.74, 6) is 0.804. The van der Waals surface area contributed by atoms with Gasteiger partial charge in [-0.15, -0.1) is 0 Å². The number of halogens is 1. The molecule has 41 heavy (non-hydrogen) atoms. The summed E-state index contributed by atoms with van der Waals surface area (Å²) in [7, 11) is 0. The Labute approximate surface area is 252 Å². The van der Waals surface area contributed by atoms with Crippen LogP contribution in [0, 0.1) is 0 Å². The molecule has 5 rings (SSSR count). The fourth-order valence-corrected chi connectivity index (χ4v) is 6.82.